The van der Waals surface area contributed by atoms with Crippen molar-refractivity contribution in [2.45, 2.75) is 64.9 Å². The number of Topliss-reactive ketones (excluding diaryl/α,β-unsaturated/α-hetero) is 1. The van der Waals surface area contributed by atoms with Crippen molar-refractivity contribution in [3.05, 3.63) is 107 Å². The van der Waals surface area contributed by atoms with Crippen LogP contribution in [0.4, 0.5) is 0 Å². The lowest BCUT2D eigenvalue weighted by Crippen LogP contribution is -2.20. The van der Waals surface area contributed by atoms with E-state index in [4.69, 9.17) is 4.74 Å². The molecule has 0 saturated carbocycles. The average molecular weight is 532 g/mol. The van der Waals surface area contributed by atoms with Gasteiger partial charge in [0.05, 0.1) is 0 Å². The number of ketones is 1. The van der Waals surface area contributed by atoms with E-state index in [1.165, 1.54) is 27.8 Å². The van der Waals surface area contributed by atoms with E-state index in [1.54, 1.807) is 0 Å². The molecule has 0 N–H and O–H groups in total. The largest absolute Gasteiger partial charge is 0.488 e. The number of fused-ring (bicyclic) bond motifs is 2. The zero-order valence-corrected chi connectivity index (χ0v) is 24.2. The van der Waals surface area contributed by atoms with E-state index in [-0.39, 0.29) is 23.6 Å². The molecule has 38 heavy (non-hydrogen) atoms. The van der Waals surface area contributed by atoms with Crippen molar-refractivity contribution in [1.82, 2.24) is 4.90 Å². The number of nitrogens with zero attached hydrogens (tertiary/aromatic N) is 1. The predicted octanol–water partition coefficient (Wildman–Crippen LogP) is 8.50. The van der Waals surface area contributed by atoms with Gasteiger partial charge >= 0.3 is 0 Å². The second-order valence-electron chi connectivity index (χ2n) is 11.2. The number of rotatable bonds is 10. The molecule has 0 aromatic heterocycles. The van der Waals surface area contributed by atoms with Crippen LogP contribution in [0.25, 0.3) is 5.57 Å². The summed E-state index contributed by atoms with van der Waals surface area (Å²) in [6.45, 7) is 9.25. The molecular weight excluding hydrogens is 490 g/mol. The maximum absolute atomic E-state index is 12.6. The first-order valence-electron chi connectivity index (χ1n) is 13.7. The molecule has 4 rings (SSSR count). The lowest BCUT2D eigenvalue weighted by Gasteiger charge is -2.19. The fourth-order valence-corrected chi connectivity index (χ4v) is 4.93. The van der Waals surface area contributed by atoms with Crippen LogP contribution in [0, 0.1) is 0 Å². The highest BCUT2D eigenvalue weighted by Crippen LogP contribution is 2.36. The zero-order chi connectivity index (χ0) is 26.3. The zero-order valence-electron chi connectivity index (χ0n) is 23.3. The summed E-state index contributed by atoms with van der Waals surface area (Å²) in [5, 5.41) is 0. The lowest BCUT2D eigenvalue weighted by molar-refractivity contribution is 0.0979. The van der Waals surface area contributed by atoms with Crippen molar-refractivity contribution in [2.24, 2.45) is 0 Å². The molecule has 0 spiro atoms. The summed E-state index contributed by atoms with van der Waals surface area (Å²) in [5.74, 6) is 1.21. The molecule has 1 heterocycles. The van der Waals surface area contributed by atoms with Crippen LogP contribution in [0.5, 0.6) is 5.75 Å². The van der Waals surface area contributed by atoms with E-state index < -0.39 is 0 Å². The molecular formula is C34H42ClNO2. The van der Waals surface area contributed by atoms with Gasteiger partial charge < -0.3 is 9.64 Å². The molecule has 0 atom stereocenters. The summed E-state index contributed by atoms with van der Waals surface area (Å²) in [6.07, 6.45) is 7.12. The van der Waals surface area contributed by atoms with Crippen molar-refractivity contribution >= 4 is 23.8 Å². The molecule has 0 amide bonds. The highest BCUT2D eigenvalue weighted by atomic mass is 35.5. The first-order valence-corrected chi connectivity index (χ1v) is 13.7. The van der Waals surface area contributed by atoms with Gasteiger partial charge in [0.1, 0.15) is 12.4 Å². The minimum absolute atomic E-state index is 0. The Bertz CT molecular complexity index is 1170. The van der Waals surface area contributed by atoms with Gasteiger partial charge in [-0.2, -0.15) is 0 Å². The quantitative estimate of drug-likeness (QED) is 0.194. The van der Waals surface area contributed by atoms with Gasteiger partial charge in [0.2, 0.25) is 0 Å². The van der Waals surface area contributed by atoms with Crippen molar-refractivity contribution in [3.8, 4) is 5.75 Å². The fraction of sp³-hybridized carbons (Fsp3) is 0.382. The van der Waals surface area contributed by atoms with Gasteiger partial charge in [-0.05, 0) is 66.6 Å². The van der Waals surface area contributed by atoms with Crippen LogP contribution in [0.15, 0.2) is 78.9 Å². The van der Waals surface area contributed by atoms with Crippen molar-refractivity contribution in [3.63, 3.8) is 0 Å². The number of carbonyl (C=O) groups excluding carboxylic acids is 1. The number of hydrogen-bond acceptors (Lipinski definition) is 3. The third-order valence-electron chi connectivity index (χ3n) is 7.24. The summed E-state index contributed by atoms with van der Waals surface area (Å²) in [4.78, 5) is 15.0. The number of halogens is 1. The Kier molecular flexibility index (Phi) is 10.8. The van der Waals surface area contributed by atoms with Gasteiger partial charge in [-0.15, -0.1) is 12.4 Å². The Morgan fingerprint density at radius 2 is 1.55 bits per heavy atom. The number of unbranched alkanes of at least 4 members (excludes halogenated alkanes) is 2. The van der Waals surface area contributed by atoms with Crippen LogP contribution in [0.1, 0.15) is 85.5 Å². The third kappa shape index (κ3) is 7.82. The SMILES string of the molecule is CN(CC/C=C1/c2ccccc2COc2ccccc21)CCCCCC(=O)c1ccc(C(C)(C)C)cc1.Cl. The second kappa shape index (κ2) is 13.8. The molecule has 1 aliphatic rings. The van der Waals surface area contributed by atoms with Crippen molar-refractivity contribution in [1.29, 1.82) is 0 Å². The summed E-state index contributed by atoms with van der Waals surface area (Å²) >= 11 is 0. The normalized spacial score (nSPS) is 13.8. The smallest absolute Gasteiger partial charge is 0.162 e. The monoisotopic (exact) mass is 531 g/mol. The van der Waals surface area contributed by atoms with Crippen LogP contribution in [0.3, 0.4) is 0 Å². The summed E-state index contributed by atoms with van der Waals surface area (Å²) < 4.78 is 6.10. The molecule has 0 unspecified atom stereocenters. The van der Waals surface area contributed by atoms with E-state index in [0.717, 1.165) is 50.1 Å². The van der Waals surface area contributed by atoms with Crippen molar-refractivity contribution < 1.29 is 9.53 Å². The molecule has 0 radical (unpaired) electrons. The van der Waals surface area contributed by atoms with E-state index in [1.807, 2.05) is 18.2 Å². The highest BCUT2D eigenvalue weighted by Gasteiger charge is 2.18. The van der Waals surface area contributed by atoms with Gasteiger partial charge in [0.15, 0.2) is 5.78 Å². The maximum atomic E-state index is 12.6. The molecule has 3 aromatic carbocycles. The highest BCUT2D eigenvalue weighted by molar-refractivity contribution is 5.96. The fourth-order valence-electron chi connectivity index (χ4n) is 4.93. The number of hydrogen-bond donors (Lipinski definition) is 0. The molecule has 0 fully saturated rings. The number of para-hydroxylation sites is 1. The van der Waals surface area contributed by atoms with E-state index in [2.05, 4.69) is 93.4 Å². The van der Waals surface area contributed by atoms with E-state index >= 15 is 0 Å². The first-order chi connectivity index (χ1) is 17.8. The molecule has 202 valence electrons. The Balaban J connectivity index is 0.00000400. The third-order valence-corrected chi connectivity index (χ3v) is 7.24. The standard InChI is InChI=1S/C34H41NO2.ClH/c1-34(2,3)28-21-19-26(20-22-28)32(36)17-6-5-11-23-35(4)24-12-16-30-29-14-8-7-13-27(29)25-37-33-18-10-9-15-31(30)33;/h7-10,13-16,18-22H,5-6,11-12,17,23-25H2,1-4H3;1H/b30-16-;. The molecule has 3 nitrogen and oxygen atoms in total. The van der Waals surface area contributed by atoms with Crippen molar-refractivity contribution in [2.75, 3.05) is 20.1 Å². The molecule has 3 aromatic rings. The summed E-state index contributed by atoms with van der Waals surface area (Å²) in [6, 6.07) is 25.1. The number of carbonyl (C=O) groups is 1. The van der Waals surface area contributed by atoms with Gasteiger partial charge in [-0.25, -0.2) is 0 Å². The van der Waals surface area contributed by atoms with E-state index in [0.29, 0.717) is 13.0 Å². The number of benzene rings is 3. The minimum atomic E-state index is 0. The lowest BCUT2D eigenvalue weighted by atomic mass is 9.86. The molecule has 4 heteroatoms. The summed E-state index contributed by atoms with van der Waals surface area (Å²) in [7, 11) is 2.19. The molecule has 0 saturated heterocycles. The van der Waals surface area contributed by atoms with Crippen LogP contribution < -0.4 is 4.74 Å². The van der Waals surface area contributed by atoms with E-state index in [9.17, 15) is 4.79 Å². The second-order valence-corrected chi connectivity index (χ2v) is 11.2. The van der Waals surface area contributed by atoms with Crippen LogP contribution in [0.2, 0.25) is 0 Å². The summed E-state index contributed by atoms with van der Waals surface area (Å²) in [5.41, 5.74) is 7.17. The Hall–Kier alpha value is -2.88. The molecule has 1 aliphatic heterocycles. The topological polar surface area (TPSA) is 29.5 Å². The predicted molar refractivity (Wildman–Crippen MR) is 162 cm³/mol. The van der Waals surface area contributed by atoms with Crippen LogP contribution in [-0.4, -0.2) is 30.8 Å². The van der Waals surface area contributed by atoms with Gasteiger partial charge in [0, 0.05) is 24.1 Å². The van der Waals surface area contributed by atoms with Crippen LogP contribution >= 0.6 is 12.4 Å². The number of ether oxygens (including phenoxy) is 1. The minimum Gasteiger partial charge on any atom is -0.488 e. The molecule has 0 aliphatic carbocycles. The average Bonchev–Trinajstić information content (AvgIpc) is 3.05. The van der Waals surface area contributed by atoms with Gasteiger partial charge in [0.25, 0.3) is 0 Å². The first kappa shape index (κ1) is 29.7. The maximum Gasteiger partial charge on any atom is 0.162 e. The van der Waals surface area contributed by atoms with Gasteiger partial charge in [-0.3, -0.25) is 4.79 Å². The Morgan fingerprint density at radius 1 is 0.868 bits per heavy atom. The Morgan fingerprint density at radius 3 is 2.29 bits per heavy atom. The Labute approximate surface area is 235 Å². The van der Waals surface area contributed by atoms with Gasteiger partial charge in [-0.1, -0.05) is 100.0 Å². The van der Waals surface area contributed by atoms with Crippen LogP contribution in [-0.2, 0) is 12.0 Å². The molecule has 0 bridgehead atoms.